The Labute approximate surface area is 146 Å². The van der Waals surface area contributed by atoms with Gasteiger partial charge in [-0.05, 0) is 23.8 Å². The average molecular weight is 343 g/mol. The molecule has 132 valence electrons. The molecule has 0 aliphatic heterocycles. The molecule has 0 saturated carbocycles. The fourth-order valence-electron chi connectivity index (χ4n) is 2.01. The van der Waals surface area contributed by atoms with Gasteiger partial charge < -0.3 is 19.5 Å². The van der Waals surface area contributed by atoms with E-state index in [-0.39, 0.29) is 12.5 Å². The lowest BCUT2D eigenvalue weighted by Crippen LogP contribution is -2.31. The van der Waals surface area contributed by atoms with Crippen LogP contribution in [0.25, 0.3) is 0 Å². The van der Waals surface area contributed by atoms with Crippen LogP contribution in [0.2, 0.25) is 0 Å². The number of rotatable bonds is 9. The number of ether oxygens (including phenoxy) is 3. The van der Waals surface area contributed by atoms with Crippen LogP contribution in [0.3, 0.4) is 0 Å². The van der Waals surface area contributed by atoms with Gasteiger partial charge in [-0.3, -0.25) is 4.79 Å². The molecule has 6 nitrogen and oxygen atoms in total. The molecule has 0 bridgehead atoms. The second kappa shape index (κ2) is 10.1. The van der Waals surface area contributed by atoms with E-state index in [0.29, 0.717) is 31.1 Å². The zero-order chi connectivity index (χ0) is 17.9. The standard InChI is InChI=1S/C19H21NO5/c1-23-11-10-20-18(21)14-25-19(22)16-8-5-9-17(12-16)24-13-15-6-3-2-4-7-15/h2-9,12H,10-11,13-14H2,1H3,(H,20,21). The molecule has 0 aliphatic rings. The number of benzene rings is 2. The first kappa shape index (κ1) is 18.5. The van der Waals surface area contributed by atoms with E-state index in [2.05, 4.69) is 5.32 Å². The lowest BCUT2D eigenvalue weighted by molar-refractivity contribution is -0.124. The summed E-state index contributed by atoms with van der Waals surface area (Å²) in [5, 5.41) is 2.57. The number of hydrogen-bond donors (Lipinski definition) is 1. The van der Waals surface area contributed by atoms with Gasteiger partial charge in [-0.2, -0.15) is 0 Å². The van der Waals surface area contributed by atoms with Crippen molar-refractivity contribution in [2.45, 2.75) is 6.61 Å². The number of methoxy groups -OCH3 is 1. The van der Waals surface area contributed by atoms with Crippen molar-refractivity contribution in [2.75, 3.05) is 26.9 Å². The average Bonchev–Trinajstić information content (AvgIpc) is 2.66. The van der Waals surface area contributed by atoms with Crippen LogP contribution >= 0.6 is 0 Å². The van der Waals surface area contributed by atoms with Gasteiger partial charge in [0.2, 0.25) is 0 Å². The van der Waals surface area contributed by atoms with Crippen LogP contribution in [-0.2, 0) is 20.9 Å². The highest BCUT2D eigenvalue weighted by molar-refractivity contribution is 5.91. The van der Waals surface area contributed by atoms with Crippen molar-refractivity contribution in [2.24, 2.45) is 0 Å². The van der Waals surface area contributed by atoms with Crippen molar-refractivity contribution >= 4 is 11.9 Å². The minimum atomic E-state index is -0.577. The highest BCUT2D eigenvalue weighted by atomic mass is 16.5. The molecule has 0 heterocycles. The molecule has 0 saturated heterocycles. The SMILES string of the molecule is COCCNC(=O)COC(=O)c1cccc(OCc2ccccc2)c1. The van der Waals surface area contributed by atoms with E-state index in [1.54, 1.807) is 31.4 Å². The Bertz CT molecular complexity index is 687. The third kappa shape index (κ3) is 6.64. The molecule has 6 heteroatoms. The highest BCUT2D eigenvalue weighted by Gasteiger charge is 2.11. The van der Waals surface area contributed by atoms with Crippen LogP contribution in [0.5, 0.6) is 5.75 Å². The van der Waals surface area contributed by atoms with E-state index >= 15 is 0 Å². The van der Waals surface area contributed by atoms with Crippen molar-refractivity contribution in [1.82, 2.24) is 5.32 Å². The number of amides is 1. The van der Waals surface area contributed by atoms with Crippen molar-refractivity contribution < 1.29 is 23.8 Å². The normalized spacial score (nSPS) is 10.1. The zero-order valence-corrected chi connectivity index (χ0v) is 14.1. The van der Waals surface area contributed by atoms with Gasteiger partial charge in [-0.15, -0.1) is 0 Å². The molecule has 2 rings (SSSR count). The largest absolute Gasteiger partial charge is 0.489 e. The lowest BCUT2D eigenvalue weighted by Gasteiger charge is -2.09. The minimum Gasteiger partial charge on any atom is -0.489 e. The third-order valence-corrected chi connectivity index (χ3v) is 3.28. The maximum absolute atomic E-state index is 12.0. The Balaban J connectivity index is 1.83. The summed E-state index contributed by atoms with van der Waals surface area (Å²) in [6.07, 6.45) is 0. The Hall–Kier alpha value is -2.86. The second-order valence-electron chi connectivity index (χ2n) is 5.22. The first-order chi connectivity index (χ1) is 12.2. The quantitative estimate of drug-likeness (QED) is 0.558. The van der Waals surface area contributed by atoms with Gasteiger partial charge in [-0.1, -0.05) is 36.4 Å². The molecule has 0 aliphatic carbocycles. The van der Waals surface area contributed by atoms with Crippen molar-refractivity contribution in [1.29, 1.82) is 0 Å². The second-order valence-corrected chi connectivity index (χ2v) is 5.22. The number of carbonyl (C=O) groups excluding carboxylic acids is 2. The van der Waals surface area contributed by atoms with Gasteiger partial charge in [0.15, 0.2) is 6.61 Å². The molecule has 1 N–H and O–H groups in total. The molecule has 2 aromatic rings. The molecule has 0 aromatic heterocycles. The van der Waals surface area contributed by atoms with Gasteiger partial charge in [0.05, 0.1) is 12.2 Å². The van der Waals surface area contributed by atoms with Crippen LogP contribution in [0.15, 0.2) is 54.6 Å². The van der Waals surface area contributed by atoms with E-state index in [1.807, 2.05) is 30.3 Å². The van der Waals surface area contributed by atoms with Gasteiger partial charge >= 0.3 is 5.97 Å². The van der Waals surface area contributed by atoms with Gasteiger partial charge in [0.1, 0.15) is 12.4 Å². The molecule has 0 spiro atoms. The van der Waals surface area contributed by atoms with Crippen LogP contribution in [-0.4, -0.2) is 38.7 Å². The fourth-order valence-corrected chi connectivity index (χ4v) is 2.01. The van der Waals surface area contributed by atoms with Crippen molar-refractivity contribution in [3.63, 3.8) is 0 Å². The monoisotopic (exact) mass is 343 g/mol. The minimum absolute atomic E-state index is 0.329. The van der Waals surface area contributed by atoms with E-state index in [9.17, 15) is 9.59 Å². The number of hydrogen-bond acceptors (Lipinski definition) is 5. The summed E-state index contributed by atoms with van der Waals surface area (Å²) < 4.78 is 15.5. The Morgan fingerprint density at radius 2 is 1.84 bits per heavy atom. The van der Waals surface area contributed by atoms with Crippen molar-refractivity contribution in [3.8, 4) is 5.75 Å². The molecule has 2 aromatic carbocycles. The Morgan fingerprint density at radius 1 is 1.04 bits per heavy atom. The smallest absolute Gasteiger partial charge is 0.338 e. The van der Waals surface area contributed by atoms with E-state index in [1.165, 1.54) is 0 Å². The van der Waals surface area contributed by atoms with E-state index in [4.69, 9.17) is 14.2 Å². The first-order valence-electron chi connectivity index (χ1n) is 7.88. The summed E-state index contributed by atoms with van der Waals surface area (Å²) >= 11 is 0. The highest BCUT2D eigenvalue weighted by Crippen LogP contribution is 2.16. The first-order valence-corrected chi connectivity index (χ1v) is 7.88. The van der Waals surface area contributed by atoms with Crippen LogP contribution < -0.4 is 10.1 Å². The predicted octanol–water partition coefficient (Wildman–Crippen LogP) is 2.18. The summed E-state index contributed by atoms with van der Waals surface area (Å²) in [7, 11) is 1.54. The molecular weight excluding hydrogens is 322 g/mol. The molecule has 0 atom stereocenters. The Morgan fingerprint density at radius 3 is 2.60 bits per heavy atom. The summed E-state index contributed by atoms with van der Waals surface area (Å²) in [6.45, 7) is 0.842. The number of nitrogens with one attached hydrogen (secondary N) is 1. The summed E-state index contributed by atoms with van der Waals surface area (Å²) in [6, 6.07) is 16.4. The van der Waals surface area contributed by atoms with Gasteiger partial charge in [-0.25, -0.2) is 4.79 Å². The summed E-state index contributed by atoms with van der Waals surface area (Å²) in [5.74, 6) is -0.392. The molecule has 1 amide bonds. The summed E-state index contributed by atoms with van der Waals surface area (Å²) in [4.78, 5) is 23.5. The molecule has 0 radical (unpaired) electrons. The number of esters is 1. The topological polar surface area (TPSA) is 73.9 Å². The van der Waals surface area contributed by atoms with Crippen molar-refractivity contribution in [3.05, 3.63) is 65.7 Å². The van der Waals surface area contributed by atoms with Crippen LogP contribution in [0, 0.1) is 0 Å². The van der Waals surface area contributed by atoms with Gasteiger partial charge in [0.25, 0.3) is 5.91 Å². The molecule has 25 heavy (non-hydrogen) atoms. The van der Waals surface area contributed by atoms with Crippen LogP contribution in [0.4, 0.5) is 0 Å². The Kier molecular flexibility index (Phi) is 7.46. The molecule has 0 fully saturated rings. The van der Waals surface area contributed by atoms with Gasteiger partial charge in [0, 0.05) is 13.7 Å². The molecule has 0 unspecified atom stereocenters. The van der Waals surface area contributed by atoms with E-state index < -0.39 is 5.97 Å². The zero-order valence-electron chi connectivity index (χ0n) is 14.1. The maximum atomic E-state index is 12.0. The maximum Gasteiger partial charge on any atom is 0.338 e. The van der Waals surface area contributed by atoms with Crippen LogP contribution in [0.1, 0.15) is 15.9 Å². The lowest BCUT2D eigenvalue weighted by atomic mass is 10.2. The fraction of sp³-hybridized carbons (Fsp3) is 0.263. The molecular formula is C19H21NO5. The predicted molar refractivity (Wildman–Crippen MR) is 92.4 cm³/mol. The third-order valence-electron chi connectivity index (χ3n) is 3.28. The number of carbonyl (C=O) groups is 2. The summed E-state index contributed by atoms with van der Waals surface area (Å²) in [5.41, 5.74) is 1.36. The van der Waals surface area contributed by atoms with E-state index in [0.717, 1.165) is 5.56 Å².